The molecule has 3 aliphatic rings. The maximum Gasteiger partial charge on any atom is 0.409 e. The number of aliphatic hydroxyl groups excluding tert-OH is 1. The highest BCUT2D eigenvalue weighted by molar-refractivity contribution is 5.68. The maximum atomic E-state index is 11.9. The maximum absolute atomic E-state index is 11.9. The molecular formula is C19H30N4O4. The van der Waals surface area contributed by atoms with E-state index in [1.54, 1.807) is 6.20 Å². The fraction of sp³-hybridized carbons (Fsp3) is 0.789. The number of amides is 1. The summed E-state index contributed by atoms with van der Waals surface area (Å²) in [5.74, 6) is 0.324. The number of piperidine rings is 1. The van der Waals surface area contributed by atoms with Crippen molar-refractivity contribution in [2.24, 2.45) is 5.41 Å². The van der Waals surface area contributed by atoms with E-state index in [0.29, 0.717) is 24.0 Å². The molecule has 1 spiro atoms. The molecule has 0 bridgehead atoms. The van der Waals surface area contributed by atoms with Crippen molar-refractivity contribution in [3.63, 3.8) is 0 Å². The molecule has 1 aromatic rings. The number of carbonyl (C=O) groups excluding carboxylic acids is 1. The summed E-state index contributed by atoms with van der Waals surface area (Å²) in [6.45, 7) is 6.00. The molecule has 2 aliphatic heterocycles. The lowest BCUT2D eigenvalue weighted by Gasteiger charge is -2.51. The van der Waals surface area contributed by atoms with E-state index in [4.69, 9.17) is 4.74 Å². The van der Waals surface area contributed by atoms with E-state index in [1.165, 1.54) is 17.5 Å². The zero-order valence-corrected chi connectivity index (χ0v) is 16.0. The lowest BCUT2D eigenvalue weighted by atomic mass is 9.64. The first kappa shape index (κ1) is 18.7. The Morgan fingerprint density at radius 3 is 2.74 bits per heavy atom. The fourth-order valence-corrected chi connectivity index (χ4v) is 5.24. The first-order chi connectivity index (χ1) is 13.0. The number of ether oxygens (including phenoxy) is 1. The summed E-state index contributed by atoms with van der Waals surface area (Å²) in [6.07, 6.45) is 5.35. The van der Waals surface area contributed by atoms with Crippen molar-refractivity contribution < 1.29 is 19.7 Å². The minimum Gasteiger partial charge on any atom is -0.450 e. The van der Waals surface area contributed by atoms with Crippen LogP contribution in [0.15, 0.2) is 12.3 Å². The molecule has 1 amide bonds. The van der Waals surface area contributed by atoms with Gasteiger partial charge in [0.05, 0.1) is 6.61 Å². The van der Waals surface area contributed by atoms with Crippen LogP contribution < -0.4 is 0 Å². The van der Waals surface area contributed by atoms with Crippen molar-refractivity contribution in [1.82, 2.24) is 19.6 Å². The molecular weight excluding hydrogens is 348 g/mol. The summed E-state index contributed by atoms with van der Waals surface area (Å²) in [4.78, 5) is 16.4. The van der Waals surface area contributed by atoms with E-state index in [1.807, 2.05) is 17.9 Å². The zero-order valence-electron chi connectivity index (χ0n) is 16.0. The predicted molar refractivity (Wildman–Crippen MR) is 97.9 cm³/mol. The number of carbonyl (C=O) groups is 1. The van der Waals surface area contributed by atoms with Crippen LogP contribution in [0.5, 0.6) is 0 Å². The highest BCUT2D eigenvalue weighted by Gasteiger charge is 2.51. The normalized spacial score (nSPS) is 29.5. The van der Waals surface area contributed by atoms with Gasteiger partial charge in [0, 0.05) is 36.9 Å². The minimum atomic E-state index is -1.57. The lowest BCUT2D eigenvalue weighted by molar-refractivity contribution is -0.113. The average Bonchev–Trinajstić information content (AvgIpc) is 3.28. The largest absolute Gasteiger partial charge is 0.450 e. The van der Waals surface area contributed by atoms with Crippen LogP contribution in [0.4, 0.5) is 4.79 Å². The standard InChI is InChI=1S/C19H30N4O4/c1-2-27-18(26)22-10-6-19(13-22)11-15(12-19)21-8-4-14(5-9-21)16-3-7-20-23(16)17(24)25/h3,7,14-15,17,24-25H,2,4-6,8-13H2,1H3. The Morgan fingerprint density at radius 1 is 1.33 bits per heavy atom. The van der Waals surface area contributed by atoms with Crippen LogP contribution in [-0.2, 0) is 4.74 Å². The fourth-order valence-electron chi connectivity index (χ4n) is 5.24. The number of aromatic nitrogens is 2. The molecule has 8 heteroatoms. The molecule has 0 atom stereocenters. The number of likely N-dealkylation sites (tertiary alicyclic amines) is 2. The van der Waals surface area contributed by atoms with Gasteiger partial charge in [0.2, 0.25) is 0 Å². The van der Waals surface area contributed by atoms with Crippen LogP contribution in [0, 0.1) is 5.41 Å². The number of aliphatic hydroxyl groups is 2. The van der Waals surface area contributed by atoms with Gasteiger partial charge < -0.3 is 24.7 Å². The monoisotopic (exact) mass is 378 g/mol. The summed E-state index contributed by atoms with van der Waals surface area (Å²) in [5, 5.41) is 22.9. The Bertz CT molecular complexity index is 662. The zero-order chi connectivity index (χ0) is 19.0. The van der Waals surface area contributed by atoms with Crippen molar-refractivity contribution in [2.45, 2.75) is 57.4 Å². The van der Waals surface area contributed by atoms with E-state index in [9.17, 15) is 15.0 Å². The van der Waals surface area contributed by atoms with E-state index >= 15 is 0 Å². The predicted octanol–water partition coefficient (Wildman–Crippen LogP) is 1.51. The minimum absolute atomic E-state index is 0.165. The van der Waals surface area contributed by atoms with Gasteiger partial charge in [-0.2, -0.15) is 5.10 Å². The van der Waals surface area contributed by atoms with Crippen molar-refractivity contribution in [2.75, 3.05) is 32.8 Å². The third kappa shape index (κ3) is 3.58. The van der Waals surface area contributed by atoms with Gasteiger partial charge in [0.25, 0.3) is 6.41 Å². The molecule has 0 unspecified atom stereocenters. The van der Waals surface area contributed by atoms with E-state index in [-0.39, 0.29) is 6.09 Å². The Balaban J connectivity index is 1.26. The molecule has 1 saturated carbocycles. The van der Waals surface area contributed by atoms with Gasteiger partial charge in [-0.05, 0) is 63.6 Å². The van der Waals surface area contributed by atoms with Crippen LogP contribution in [0.25, 0.3) is 0 Å². The second-order valence-electron chi connectivity index (χ2n) is 8.29. The Morgan fingerprint density at radius 2 is 2.07 bits per heavy atom. The van der Waals surface area contributed by atoms with Crippen LogP contribution in [0.3, 0.4) is 0 Å². The highest BCUT2D eigenvalue weighted by Crippen LogP contribution is 2.51. The van der Waals surface area contributed by atoms with Crippen molar-refractivity contribution in [1.29, 1.82) is 0 Å². The van der Waals surface area contributed by atoms with E-state index in [0.717, 1.165) is 51.1 Å². The molecule has 0 aromatic carbocycles. The summed E-state index contributed by atoms with van der Waals surface area (Å²) in [5.41, 5.74) is 1.21. The third-order valence-corrected chi connectivity index (χ3v) is 6.69. The van der Waals surface area contributed by atoms with E-state index < -0.39 is 6.41 Å². The molecule has 4 rings (SSSR count). The number of hydrogen-bond donors (Lipinski definition) is 2. The first-order valence-corrected chi connectivity index (χ1v) is 10.1. The molecule has 8 nitrogen and oxygen atoms in total. The molecule has 1 aliphatic carbocycles. The Kier molecular flexibility index (Phi) is 5.13. The second kappa shape index (κ2) is 7.41. The van der Waals surface area contributed by atoms with Crippen LogP contribution in [-0.4, -0.2) is 74.7 Å². The molecule has 3 fully saturated rings. The summed E-state index contributed by atoms with van der Waals surface area (Å²) in [6, 6.07) is 2.50. The van der Waals surface area contributed by atoms with Gasteiger partial charge in [0.1, 0.15) is 0 Å². The van der Waals surface area contributed by atoms with Crippen molar-refractivity contribution in [3.05, 3.63) is 18.0 Å². The first-order valence-electron chi connectivity index (χ1n) is 10.1. The molecule has 150 valence electrons. The highest BCUT2D eigenvalue weighted by atomic mass is 16.6. The molecule has 2 saturated heterocycles. The van der Waals surface area contributed by atoms with Gasteiger partial charge in [-0.1, -0.05) is 0 Å². The summed E-state index contributed by atoms with van der Waals surface area (Å²) < 4.78 is 6.45. The van der Waals surface area contributed by atoms with Crippen LogP contribution in [0.2, 0.25) is 0 Å². The van der Waals surface area contributed by atoms with Crippen LogP contribution in [0.1, 0.15) is 57.1 Å². The smallest absolute Gasteiger partial charge is 0.409 e. The topological polar surface area (TPSA) is 91.1 Å². The molecule has 0 radical (unpaired) electrons. The SMILES string of the molecule is CCOC(=O)N1CCC2(CC(N3CCC(c4ccnn4C(O)O)CC3)C2)C1. The van der Waals surface area contributed by atoms with Gasteiger partial charge in [-0.3, -0.25) is 0 Å². The Labute approximate surface area is 159 Å². The average molecular weight is 378 g/mol. The quantitative estimate of drug-likeness (QED) is 0.772. The van der Waals surface area contributed by atoms with Crippen molar-refractivity contribution in [3.8, 4) is 0 Å². The Hall–Kier alpha value is -1.64. The number of rotatable bonds is 4. The van der Waals surface area contributed by atoms with Gasteiger partial charge in [0.15, 0.2) is 0 Å². The van der Waals surface area contributed by atoms with Gasteiger partial charge in [-0.25, -0.2) is 9.48 Å². The molecule has 27 heavy (non-hydrogen) atoms. The molecule has 1 aromatic heterocycles. The van der Waals surface area contributed by atoms with Crippen LogP contribution >= 0.6 is 0 Å². The summed E-state index contributed by atoms with van der Waals surface area (Å²) >= 11 is 0. The number of hydrogen-bond acceptors (Lipinski definition) is 6. The second-order valence-corrected chi connectivity index (χ2v) is 8.29. The molecule has 2 N–H and O–H groups in total. The summed E-state index contributed by atoms with van der Waals surface area (Å²) in [7, 11) is 0. The third-order valence-electron chi connectivity index (χ3n) is 6.69. The lowest BCUT2D eigenvalue weighted by Crippen LogP contribution is -2.54. The molecule has 3 heterocycles. The van der Waals surface area contributed by atoms with Gasteiger partial charge in [-0.15, -0.1) is 0 Å². The van der Waals surface area contributed by atoms with E-state index in [2.05, 4.69) is 10.00 Å². The van der Waals surface area contributed by atoms with Crippen molar-refractivity contribution >= 4 is 6.09 Å². The number of nitrogens with zero attached hydrogens (tertiary/aromatic N) is 4. The van der Waals surface area contributed by atoms with Gasteiger partial charge >= 0.3 is 6.09 Å².